The highest BCUT2D eigenvalue weighted by atomic mass is 16.5. The van der Waals surface area contributed by atoms with E-state index < -0.39 is 5.60 Å². The molecule has 1 aliphatic heterocycles. The van der Waals surface area contributed by atoms with Crippen molar-refractivity contribution in [1.29, 1.82) is 0 Å². The maximum Gasteiger partial charge on any atom is 0.256 e. The first-order valence-corrected chi connectivity index (χ1v) is 9.75. The Labute approximate surface area is 158 Å². The molecule has 146 valence electrons. The highest BCUT2D eigenvalue weighted by Gasteiger charge is 2.33. The summed E-state index contributed by atoms with van der Waals surface area (Å²) >= 11 is 0. The van der Waals surface area contributed by atoms with E-state index in [0.29, 0.717) is 12.3 Å². The van der Waals surface area contributed by atoms with E-state index in [1.807, 2.05) is 31.2 Å². The van der Waals surface area contributed by atoms with Gasteiger partial charge in [0.05, 0.1) is 6.61 Å². The van der Waals surface area contributed by atoms with Gasteiger partial charge in [0.2, 0.25) is 0 Å². The first-order chi connectivity index (χ1) is 12.4. The summed E-state index contributed by atoms with van der Waals surface area (Å²) in [6.45, 7) is 10.3. The van der Waals surface area contributed by atoms with Gasteiger partial charge in [-0.1, -0.05) is 13.8 Å². The van der Waals surface area contributed by atoms with Crippen LogP contribution < -0.4 is 10.1 Å². The predicted molar refractivity (Wildman–Crippen MR) is 106 cm³/mol. The van der Waals surface area contributed by atoms with E-state index in [0.717, 1.165) is 31.0 Å². The molecule has 0 aromatic heterocycles. The molecule has 1 amide bonds. The Kier molecular flexibility index (Phi) is 7.91. The van der Waals surface area contributed by atoms with E-state index in [1.54, 1.807) is 7.11 Å². The van der Waals surface area contributed by atoms with Crippen molar-refractivity contribution in [2.75, 3.05) is 38.7 Å². The quantitative estimate of drug-likeness (QED) is 0.641. The summed E-state index contributed by atoms with van der Waals surface area (Å²) in [7, 11) is 1.58. The fourth-order valence-electron chi connectivity index (χ4n) is 3.43. The van der Waals surface area contributed by atoms with E-state index in [9.17, 15) is 4.79 Å². The van der Waals surface area contributed by atoms with Gasteiger partial charge in [0, 0.05) is 19.3 Å². The Morgan fingerprint density at radius 2 is 1.88 bits per heavy atom. The molecule has 0 radical (unpaired) electrons. The van der Waals surface area contributed by atoms with E-state index in [2.05, 4.69) is 24.1 Å². The lowest BCUT2D eigenvalue weighted by molar-refractivity contribution is -0.137. The van der Waals surface area contributed by atoms with Gasteiger partial charge in [-0.05, 0) is 75.9 Å². The molecule has 26 heavy (non-hydrogen) atoms. The van der Waals surface area contributed by atoms with Crippen LogP contribution in [0.3, 0.4) is 0 Å². The second-order valence-electron chi connectivity index (χ2n) is 7.76. The maximum atomic E-state index is 12.6. The van der Waals surface area contributed by atoms with Crippen molar-refractivity contribution < 1.29 is 14.3 Å². The minimum atomic E-state index is -0.821. The fourth-order valence-corrected chi connectivity index (χ4v) is 3.43. The van der Waals surface area contributed by atoms with Crippen LogP contribution in [0.2, 0.25) is 0 Å². The van der Waals surface area contributed by atoms with Gasteiger partial charge in [-0.25, -0.2) is 0 Å². The summed E-state index contributed by atoms with van der Waals surface area (Å²) in [5.41, 5.74) is -0.0646. The third kappa shape index (κ3) is 6.29. The van der Waals surface area contributed by atoms with Crippen molar-refractivity contribution in [1.82, 2.24) is 4.90 Å². The molecule has 1 aliphatic rings. The summed E-state index contributed by atoms with van der Waals surface area (Å²) in [6, 6.07) is 7.55. The zero-order valence-corrected chi connectivity index (χ0v) is 16.7. The molecule has 1 N–H and O–H groups in total. The molecule has 0 aliphatic carbocycles. The normalized spacial score (nSPS) is 17.3. The van der Waals surface area contributed by atoms with Crippen LogP contribution in [0.4, 0.5) is 5.69 Å². The van der Waals surface area contributed by atoms with Gasteiger partial charge in [-0.3, -0.25) is 4.79 Å². The molecule has 1 fully saturated rings. The van der Waals surface area contributed by atoms with Crippen molar-refractivity contribution >= 4 is 11.6 Å². The number of hydrogen-bond acceptors (Lipinski definition) is 4. The number of rotatable bonds is 10. The number of nitrogens with zero attached hydrogens (tertiary/aromatic N) is 1. The molecule has 0 bridgehead atoms. The highest BCUT2D eigenvalue weighted by molar-refractivity contribution is 5.97. The molecule has 5 heteroatoms. The average Bonchev–Trinajstić information content (AvgIpc) is 3.13. The van der Waals surface area contributed by atoms with Crippen LogP contribution in [0.25, 0.3) is 0 Å². The first kappa shape index (κ1) is 20.7. The van der Waals surface area contributed by atoms with Gasteiger partial charge < -0.3 is 19.7 Å². The largest absolute Gasteiger partial charge is 0.494 e. The van der Waals surface area contributed by atoms with E-state index in [-0.39, 0.29) is 5.91 Å². The fraction of sp³-hybridized carbons (Fsp3) is 0.667. The van der Waals surface area contributed by atoms with Gasteiger partial charge in [-0.2, -0.15) is 0 Å². The van der Waals surface area contributed by atoms with Crippen LogP contribution in [-0.4, -0.2) is 49.8 Å². The van der Waals surface area contributed by atoms with Gasteiger partial charge in [0.1, 0.15) is 11.4 Å². The van der Waals surface area contributed by atoms with Crippen LogP contribution in [0.1, 0.15) is 46.5 Å². The van der Waals surface area contributed by atoms with Gasteiger partial charge in [0.15, 0.2) is 0 Å². The zero-order valence-electron chi connectivity index (χ0n) is 16.7. The lowest BCUT2D eigenvalue weighted by Crippen LogP contribution is -2.43. The smallest absolute Gasteiger partial charge is 0.256 e. The Morgan fingerprint density at radius 1 is 1.23 bits per heavy atom. The molecule has 2 rings (SSSR count). The van der Waals surface area contributed by atoms with E-state index in [4.69, 9.17) is 9.47 Å². The first-order valence-electron chi connectivity index (χ1n) is 9.75. The number of methoxy groups -OCH3 is 1. The molecule has 0 saturated carbocycles. The summed E-state index contributed by atoms with van der Waals surface area (Å²) < 4.78 is 11.3. The number of carbonyl (C=O) groups is 1. The Morgan fingerprint density at radius 3 is 2.46 bits per heavy atom. The Bertz CT molecular complexity index is 553. The van der Waals surface area contributed by atoms with E-state index in [1.165, 1.54) is 25.9 Å². The summed E-state index contributed by atoms with van der Waals surface area (Å²) in [5, 5.41) is 2.94. The number of anilines is 1. The van der Waals surface area contributed by atoms with Gasteiger partial charge in [0.25, 0.3) is 5.91 Å². The third-order valence-corrected chi connectivity index (χ3v) is 4.93. The molecular weight excluding hydrogens is 328 g/mol. The molecule has 1 saturated heterocycles. The van der Waals surface area contributed by atoms with Crippen molar-refractivity contribution in [2.24, 2.45) is 5.92 Å². The zero-order chi connectivity index (χ0) is 19.0. The number of hydrogen-bond donors (Lipinski definition) is 1. The number of amides is 1. The second kappa shape index (κ2) is 9.93. The predicted octanol–water partition coefficient (Wildman–Crippen LogP) is 3.94. The lowest BCUT2D eigenvalue weighted by Gasteiger charge is -2.28. The standard InChI is InChI=1S/C21H34N2O3/c1-17(2)16-21(3,25-4)20(24)22-18-8-10-19(11-9-18)26-15-7-14-23-12-5-6-13-23/h8-11,17H,5-7,12-16H2,1-4H3,(H,22,24)/t21-/m1/s1. The molecule has 1 aromatic carbocycles. The third-order valence-electron chi connectivity index (χ3n) is 4.93. The van der Waals surface area contributed by atoms with Crippen LogP contribution in [0.5, 0.6) is 5.75 Å². The van der Waals surface area contributed by atoms with Crippen molar-refractivity contribution in [2.45, 2.75) is 52.1 Å². The molecule has 0 spiro atoms. The summed E-state index contributed by atoms with van der Waals surface area (Å²) in [4.78, 5) is 15.0. The van der Waals surface area contributed by atoms with E-state index >= 15 is 0 Å². The molecular formula is C21H34N2O3. The average molecular weight is 363 g/mol. The topological polar surface area (TPSA) is 50.8 Å². The minimum absolute atomic E-state index is 0.118. The summed E-state index contributed by atoms with van der Waals surface area (Å²) in [6.07, 6.45) is 4.37. The van der Waals surface area contributed by atoms with Gasteiger partial charge in [-0.15, -0.1) is 0 Å². The SMILES string of the molecule is CO[C@](C)(CC(C)C)C(=O)Nc1ccc(OCCCN2CCCC2)cc1. The lowest BCUT2D eigenvalue weighted by atomic mass is 9.93. The van der Waals surface area contributed by atoms with Crippen LogP contribution in [0, 0.1) is 5.92 Å². The highest BCUT2D eigenvalue weighted by Crippen LogP contribution is 2.23. The van der Waals surface area contributed by atoms with Crippen LogP contribution in [0.15, 0.2) is 24.3 Å². The number of carbonyl (C=O) groups excluding carboxylic acids is 1. The number of nitrogens with one attached hydrogen (secondary N) is 1. The van der Waals surface area contributed by atoms with Crippen molar-refractivity contribution in [3.05, 3.63) is 24.3 Å². The summed E-state index contributed by atoms with van der Waals surface area (Å²) in [5.74, 6) is 1.09. The van der Waals surface area contributed by atoms with Crippen LogP contribution in [-0.2, 0) is 9.53 Å². The second-order valence-corrected chi connectivity index (χ2v) is 7.76. The molecule has 1 aromatic rings. The minimum Gasteiger partial charge on any atom is -0.494 e. The number of benzene rings is 1. The molecule has 0 unspecified atom stereocenters. The van der Waals surface area contributed by atoms with Crippen molar-refractivity contribution in [3.8, 4) is 5.75 Å². The van der Waals surface area contributed by atoms with Crippen LogP contribution >= 0.6 is 0 Å². The number of likely N-dealkylation sites (tertiary alicyclic amines) is 1. The Balaban J connectivity index is 1.77. The van der Waals surface area contributed by atoms with Crippen molar-refractivity contribution in [3.63, 3.8) is 0 Å². The monoisotopic (exact) mass is 362 g/mol. The molecule has 1 heterocycles. The maximum absolute atomic E-state index is 12.6. The van der Waals surface area contributed by atoms with Gasteiger partial charge >= 0.3 is 0 Å². The number of ether oxygens (including phenoxy) is 2. The Hall–Kier alpha value is -1.59. The molecule has 5 nitrogen and oxygen atoms in total. The molecule has 1 atom stereocenters.